The van der Waals surface area contributed by atoms with Crippen molar-refractivity contribution in [1.29, 1.82) is 0 Å². The zero-order valence-electron chi connectivity index (χ0n) is 16.6. The van der Waals surface area contributed by atoms with Crippen molar-refractivity contribution >= 4 is 23.6 Å². The SMILES string of the molecule is CCNC(=O)[C@@H](C)N(Cc1ccc(F)cc1)C(=O)CCSc1ccc(C)cc1. The molecule has 0 spiro atoms. The molecular formula is C22H27FN2O2S. The monoisotopic (exact) mass is 402 g/mol. The molecule has 4 nitrogen and oxygen atoms in total. The Morgan fingerprint density at radius 1 is 1.11 bits per heavy atom. The summed E-state index contributed by atoms with van der Waals surface area (Å²) in [5.41, 5.74) is 1.98. The van der Waals surface area contributed by atoms with Crippen molar-refractivity contribution in [2.75, 3.05) is 12.3 Å². The molecule has 0 heterocycles. The molecule has 0 bridgehead atoms. The molecule has 0 unspecified atom stereocenters. The van der Waals surface area contributed by atoms with Gasteiger partial charge in [-0.05, 0) is 50.6 Å². The number of nitrogens with zero attached hydrogens (tertiary/aromatic N) is 1. The molecule has 2 amide bonds. The second-order valence-corrected chi connectivity index (χ2v) is 7.80. The molecule has 28 heavy (non-hydrogen) atoms. The van der Waals surface area contributed by atoms with Gasteiger partial charge in [0, 0.05) is 30.2 Å². The number of amides is 2. The predicted molar refractivity (Wildman–Crippen MR) is 112 cm³/mol. The predicted octanol–water partition coefficient (Wildman–Crippen LogP) is 4.17. The van der Waals surface area contributed by atoms with Crippen LogP contribution in [0, 0.1) is 12.7 Å². The standard InChI is InChI=1S/C22H27FN2O2S/c1-4-24-22(27)17(3)25(15-18-7-9-19(23)10-8-18)21(26)13-14-28-20-11-5-16(2)6-12-20/h5-12,17H,4,13-15H2,1-3H3,(H,24,27)/t17-/m1/s1. The third-order valence-electron chi connectivity index (χ3n) is 4.39. The molecule has 1 atom stereocenters. The van der Waals surface area contributed by atoms with Gasteiger partial charge in [-0.1, -0.05) is 29.8 Å². The van der Waals surface area contributed by atoms with E-state index in [1.54, 1.807) is 35.7 Å². The Bertz CT molecular complexity index is 778. The molecule has 0 saturated heterocycles. The number of halogens is 1. The van der Waals surface area contributed by atoms with Gasteiger partial charge in [-0.3, -0.25) is 9.59 Å². The summed E-state index contributed by atoms with van der Waals surface area (Å²) in [6.45, 7) is 6.38. The minimum Gasteiger partial charge on any atom is -0.355 e. The maximum atomic E-state index is 13.2. The first-order valence-electron chi connectivity index (χ1n) is 9.41. The number of likely N-dealkylation sites (N-methyl/N-ethyl adjacent to an activating group) is 1. The number of carbonyl (C=O) groups is 2. The summed E-state index contributed by atoms with van der Waals surface area (Å²) in [5, 5.41) is 2.76. The fourth-order valence-corrected chi connectivity index (χ4v) is 3.57. The molecule has 0 fully saturated rings. The van der Waals surface area contributed by atoms with Gasteiger partial charge in [-0.25, -0.2) is 4.39 Å². The molecule has 150 valence electrons. The zero-order valence-corrected chi connectivity index (χ0v) is 17.4. The summed E-state index contributed by atoms with van der Waals surface area (Å²) in [6, 6.07) is 13.6. The summed E-state index contributed by atoms with van der Waals surface area (Å²) < 4.78 is 13.2. The summed E-state index contributed by atoms with van der Waals surface area (Å²) in [5.74, 6) is 0.0175. The first-order valence-corrected chi connectivity index (χ1v) is 10.4. The molecule has 6 heteroatoms. The van der Waals surface area contributed by atoms with Crippen LogP contribution in [-0.2, 0) is 16.1 Å². The minimum absolute atomic E-state index is 0.0947. The normalized spacial score (nSPS) is 11.7. The van der Waals surface area contributed by atoms with Crippen molar-refractivity contribution in [3.63, 3.8) is 0 Å². The zero-order chi connectivity index (χ0) is 20.5. The van der Waals surface area contributed by atoms with E-state index in [9.17, 15) is 14.0 Å². The van der Waals surface area contributed by atoms with Crippen molar-refractivity contribution in [1.82, 2.24) is 10.2 Å². The average molecular weight is 403 g/mol. The average Bonchev–Trinajstić information content (AvgIpc) is 2.68. The molecule has 0 aliphatic carbocycles. The molecule has 0 aliphatic heterocycles. The number of hydrogen-bond donors (Lipinski definition) is 1. The fraction of sp³-hybridized carbons (Fsp3) is 0.364. The molecule has 2 aromatic rings. The van der Waals surface area contributed by atoms with Crippen molar-refractivity contribution in [2.45, 2.75) is 44.7 Å². The van der Waals surface area contributed by atoms with Crippen LogP contribution < -0.4 is 5.32 Å². The van der Waals surface area contributed by atoms with E-state index >= 15 is 0 Å². The first-order chi connectivity index (χ1) is 13.4. The van der Waals surface area contributed by atoms with Crippen molar-refractivity contribution in [3.05, 3.63) is 65.5 Å². The van der Waals surface area contributed by atoms with E-state index in [0.717, 1.165) is 10.5 Å². The largest absolute Gasteiger partial charge is 0.355 e. The van der Waals surface area contributed by atoms with Crippen LogP contribution in [0.2, 0.25) is 0 Å². The van der Waals surface area contributed by atoms with E-state index in [2.05, 4.69) is 5.32 Å². The highest BCUT2D eigenvalue weighted by atomic mass is 32.2. The molecule has 1 N–H and O–H groups in total. The molecule has 0 saturated carbocycles. The Morgan fingerprint density at radius 3 is 2.36 bits per heavy atom. The summed E-state index contributed by atoms with van der Waals surface area (Å²) in [7, 11) is 0. The molecule has 0 aliphatic rings. The van der Waals surface area contributed by atoms with Crippen LogP contribution in [0.15, 0.2) is 53.4 Å². The van der Waals surface area contributed by atoms with Gasteiger partial charge in [-0.15, -0.1) is 11.8 Å². The number of hydrogen-bond acceptors (Lipinski definition) is 3. The number of rotatable bonds is 9. The van der Waals surface area contributed by atoms with Crippen LogP contribution in [0.3, 0.4) is 0 Å². The lowest BCUT2D eigenvalue weighted by atomic mass is 10.1. The highest BCUT2D eigenvalue weighted by Crippen LogP contribution is 2.20. The molecular weight excluding hydrogens is 375 g/mol. The van der Waals surface area contributed by atoms with Gasteiger partial charge >= 0.3 is 0 Å². The van der Waals surface area contributed by atoms with Crippen molar-refractivity contribution < 1.29 is 14.0 Å². The lowest BCUT2D eigenvalue weighted by Crippen LogP contribution is -2.47. The first kappa shape index (κ1) is 22.0. The number of thioether (sulfide) groups is 1. The number of nitrogens with one attached hydrogen (secondary N) is 1. The highest BCUT2D eigenvalue weighted by Gasteiger charge is 2.25. The number of benzene rings is 2. The third kappa shape index (κ3) is 6.68. The van der Waals surface area contributed by atoms with Crippen LogP contribution in [0.5, 0.6) is 0 Å². The molecule has 2 rings (SSSR count). The van der Waals surface area contributed by atoms with Crippen LogP contribution >= 0.6 is 11.8 Å². The highest BCUT2D eigenvalue weighted by molar-refractivity contribution is 7.99. The van der Waals surface area contributed by atoms with E-state index in [-0.39, 0.29) is 24.2 Å². The quantitative estimate of drug-likeness (QED) is 0.641. The summed E-state index contributed by atoms with van der Waals surface area (Å²) in [6.07, 6.45) is 0.323. The third-order valence-corrected chi connectivity index (χ3v) is 5.40. The van der Waals surface area contributed by atoms with Gasteiger partial charge in [0.15, 0.2) is 0 Å². The molecule has 2 aromatic carbocycles. The Kier molecular flexibility index (Phi) is 8.51. The minimum atomic E-state index is -0.595. The van der Waals surface area contributed by atoms with E-state index in [1.807, 2.05) is 38.1 Å². The van der Waals surface area contributed by atoms with Gasteiger partial charge in [-0.2, -0.15) is 0 Å². The summed E-state index contributed by atoms with van der Waals surface area (Å²) in [4.78, 5) is 27.8. The van der Waals surface area contributed by atoms with Gasteiger partial charge < -0.3 is 10.2 Å². The summed E-state index contributed by atoms with van der Waals surface area (Å²) >= 11 is 1.62. The lowest BCUT2D eigenvalue weighted by molar-refractivity contribution is -0.140. The van der Waals surface area contributed by atoms with Gasteiger partial charge in [0.2, 0.25) is 11.8 Å². The van der Waals surface area contributed by atoms with Crippen LogP contribution in [-0.4, -0.2) is 35.1 Å². The maximum Gasteiger partial charge on any atom is 0.242 e. The fourth-order valence-electron chi connectivity index (χ4n) is 2.73. The second-order valence-electron chi connectivity index (χ2n) is 6.63. The van der Waals surface area contributed by atoms with Crippen LogP contribution in [0.25, 0.3) is 0 Å². The molecule has 0 radical (unpaired) electrons. The van der Waals surface area contributed by atoms with Gasteiger partial charge in [0.05, 0.1) is 0 Å². The van der Waals surface area contributed by atoms with E-state index in [1.165, 1.54) is 17.7 Å². The smallest absolute Gasteiger partial charge is 0.242 e. The van der Waals surface area contributed by atoms with Crippen molar-refractivity contribution in [2.24, 2.45) is 0 Å². The van der Waals surface area contributed by atoms with E-state index in [0.29, 0.717) is 18.7 Å². The number of aryl methyl sites for hydroxylation is 1. The van der Waals surface area contributed by atoms with Gasteiger partial charge in [0.1, 0.15) is 11.9 Å². The Balaban J connectivity index is 2.03. The van der Waals surface area contributed by atoms with Crippen LogP contribution in [0.4, 0.5) is 4.39 Å². The molecule has 0 aromatic heterocycles. The number of carbonyl (C=O) groups excluding carboxylic acids is 2. The second kappa shape index (κ2) is 10.9. The topological polar surface area (TPSA) is 49.4 Å². The van der Waals surface area contributed by atoms with Crippen molar-refractivity contribution in [3.8, 4) is 0 Å². The maximum absolute atomic E-state index is 13.2. The lowest BCUT2D eigenvalue weighted by Gasteiger charge is -2.28. The Labute approximate surface area is 170 Å². The van der Waals surface area contributed by atoms with E-state index in [4.69, 9.17) is 0 Å². The Morgan fingerprint density at radius 2 is 1.75 bits per heavy atom. The van der Waals surface area contributed by atoms with E-state index < -0.39 is 6.04 Å². The van der Waals surface area contributed by atoms with Crippen LogP contribution in [0.1, 0.15) is 31.4 Å². The Hall–Kier alpha value is -2.34. The van der Waals surface area contributed by atoms with Gasteiger partial charge in [0.25, 0.3) is 0 Å².